The number of likely N-dealkylation sites (tertiary alicyclic amines) is 1. The molecule has 2 heterocycles. The predicted molar refractivity (Wildman–Crippen MR) is 73.1 cm³/mol. The third kappa shape index (κ3) is 3.44. The third-order valence-electron chi connectivity index (χ3n) is 4.04. The minimum absolute atomic E-state index is 0.218. The summed E-state index contributed by atoms with van der Waals surface area (Å²) in [4.78, 5) is 2.48. The van der Waals surface area contributed by atoms with Crippen molar-refractivity contribution in [2.45, 2.75) is 31.7 Å². The highest BCUT2D eigenvalue weighted by Crippen LogP contribution is 2.22. The van der Waals surface area contributed by atoms with Crippen LogP contribution in [0.1, 0.15) is 25.7 Å². The molecular formula is C12H25N3O2S. The number of nitrogens with zero attached hydrogens (tertiary/aromatic N) is 2. The van der Waals surface area contributed by atoms with Crippen LogP contribution in [0.3, 0.4) is 0 Å². The summed E-state index contributed by atoms with van der Waals surface area (Å²) in [5.74, 6) is 0.218. The Kier molecular flexibility index (Phi) is 5.00. The lowest BCUT2D eigenvalue weighted by Gasteiger charge is -2.32. The molecule has 2 aliphatic heterocycles. The summed E-state index contributed by atoms with van der Waals surface area (Å²) >= 11 is 0. The average Bonchev–Trinajstić information content (AvgIpc) is 2.88. The first-order valence-electron chi connectivity index (χ1n) is 7.00. The zero-order valence-electron chi connectivity index (χ0n) is 11.3. The van der Waals surface area contributed by atoms with Crippen LogP contribution in [0.5, 0.6) is 0 Å². The molecule has 2 aliphatic rings. The van der Waals surface area contributed by atoms with E-state index in [1.165, 1.54) is 19.3 Å². The summed E-state index contributed by atoms with van der Waals surface area (Å²) in [6, 6.07) is 0.453. The van der Waals surface area contributed by atoms with Crippen molar-refractivity contribution >= 4 is 10.0 Å². The summed E-state index contributed by atoms with van der Waals surface area (Å²) in [5.41, 5.74) is 0. The molecule has 2 rings (SSSR count). The Morgan fingerprint density at radius 1 is 1.17 bits per heavy atom. The first-order chi connectivity index (χ1) is 8.63. The Morgan fingerprint density at radius 3 is 2.56 bits per heavy atom. The summed E-state index contributed by atoms with van der Waals surface area (Å²) in [7, 11) is -1.26. The van der Waals surface area contributed by atoms with Crippen molar-refractivity contribution in [3.05, 3.63) is 0 Å². The normalized spacial score (nSPS) is 27.7. The van der Waals surface area contributed by atoms with Crippen LogP contribution >= 0.6 is 0 Å². The summed E-state index contributed by atoms with van der Waals surface area (Å²) in [6.07, 6.45) is 4.86. The van der Waals surface area contributed by atoms with Crippen molar-refractivity contribution in [3.63, 3.8) is 0 Å². The molecule has 0 aliphatic carbocycles. The smallest absolute Gasteiger partial charge is 0.215 e. The monoisotopic (exact) mass is 275 g/mol. The number of rotatable bonds is 5. The molecule has 5 nitrogen and oxygen atoms in total. The standard InChI is InChI=1S/C12H25N3O2S/c1-13-6-10-18(16,17)15-9-5-12(11-15)14-7-3-2-4-8-14/h12-13H,2-11H2,1H3. The van der Waals surface area contributed by atoms with E-state index in [1.807, 2.05) is 0 Å². The fraction of sp³-hybridized carbons (Fsp3) is 1.00. The highest BCUT2D eigenvalue weighted by molar-refractivity contribution is 7.89. The highest BCUT2D eigenvalue weighted by atomic mass is 32.2. The van der Waals surface area contributed by atoms with Gasteiger partial charge in [0, 0.05) is 25.7 Å². The van der Waals surface area contributed by atoms with E-state index in [2.05, 4.69) is 10.2 Å². The van der Waals surface area contributed by atoms with E-state index >= 15 is 0 Å². The van der Waals surface area contributed by atoms with Gasteiger partial charge in [-0.1, -0.05) is 6.42 Å². The van der Waals surface area contributed by atoms with E-state index in [1.54, 1.807) is 11.4 Å². The van der Waals surface area contributed by atoms with Crippen LogP contribution in [0, 0.1) is 0 Å². The Morgan fingerprint density at radius 2 is 1.89 bits per heavy atom. The van der Waals surface area contributed by atoms with E-state index in [4.69, 9.17) is 0 Å². The van der Waals surface area contributed by atoms with Crippen molar-refractivity contribution in [3.8, 4) is 0 Å². The largest absolute Gasteiger partial charge is 0.319 e. The molecule has 0 aromatic heterocycles. The third-order valence-corrected chi connectivity index (χ3v) is 5.88. The molecule has 1 atom stereocenters. The lowest BCUT2D eigenvalue weighted by atomic mass is 10.1. The maximum absolute atomic E-state index is 12.1. The van der Waals surface area contributed by atoms with Crippen LogP contribution in [0.2, 0.25) is 0 Å². The van der Waals surface area contributed by atoms with Gasteiger partial charge in [-0.3, -0.25) is 4.90 Å². The molecule has 1 unspecified atom stereocenters. The minimum atomic E-state index is -3.05. The van der Waals surface area contributed by atoms with Crippen LogP contribution in [0.25, 0.3) is 0 Å². The molecule has 18 heavy (non-hydrogen) atoms. The molecule has 6 heteroatoms. The Hall–Kier alpha value is -0.170. The molecule has 0 aromatic rings. The number of piperidine rings is 1. The quantitative estimate of drug-likeness (QED) is 0.773. The minimum Gasteiger partial charge on any atom is -0.319 e. The molecule has 2 saturated heterocycles. The molecule has 0 radical (unpaired) electrons. The zero-order chi connectivity index (χ0) is 13.0. The van der Waals surface area contributed by atoms with E-state index < -0.39 is 10.0 Å². The molecule has 0 aromatic carbocycles. The van der Waals surface area contributed by atoms with Gasteiger partial charge in [-0.25, -0.2) is 12.7 Å². The lowest BCUT2D eigenvalue weighted by Crippen LogP contribution is -2.42. The van der Waals surface area contributed by atoms with Crippen LogP contribution in [-0.2, 0) is 10.0 Å². The summed E-state index contributed by atoms with van der Waals surface area (Å²) in [6.45, 7) is 4.23. The number of nitrogens with one attached hydrogen (secondary N) is 1. The van der Waals surface area contributed by atoms with Crippen LogP contribution in [0.4, 0.5) is 0 Å². The van der Waals surface area contributed by atoms with Gasteiger partial charge in [0.05, 0.1) is 5.75 Å². The van der Waals surface area contributed by atoms with Gasteiger partial charge in [0.1, 0.15) is 0 Å². The SMILES string of the molecule is CNCCS(=O)(=O)N1CCC(N2CCCCC2)C1. The first kappa shape index (κ1) is 14.2. The fourth-order valence-electron chi connectivity index (χ4n) is 2.90. The van der Waals surface area contributed by atoms with Crippen molar-refractivity contribution in [1.29, 1.82) is 0 Å². The molecular weight excluding hydrogens is 250 g/mol. The number of hydrogen-bond acceptors (Lipinski definition) is 4. The maximum Gasteiger partial charge on any atom is 0.215 e. The summed E-state index contributed by atoms with van der Waals surface area (Å²) in [5, 5.41) is 2.91. The molecule has 2 fully saturated rings. The van der Waals surface area contributed by atoms with Gasteiger partial charge < -0.3 is 5.32 Å². The van der Waals surface area contributed by atoms with Crippen LogP contribution in [0.15, 0.2) is 0 Å². The van der Waals surface area contributed by atoms with Gasteiger partial charge >= 0.3 is 0 Å². The topological polar surface area (TPSA) is 52.7 Å². The van der Waals surface area contributed by atoms with Gasteiger partial charge in [0.25, 0.3) is 0 Å². The van der Waals surface area contributed by atoms with Gasteiger partial charge in [-0.05, 0) is 39.4 Å². The second kappa shape index (κ2) is 6.32. The summed E-state index contributed by atoms with van der Waals surface area (Å²) < 4.78 is 25.9. The average molecular weight is 275 g/mol. The van der Waals surface area contributed by atoms with Crippen LogP contribution in [-0.4, -0.2) is 69.2 Å². The molecule has 0 bridgehead atoms. The van der Waals surface area contributed by atoms with Gasteiger partial charge in [0.15, 0.2) is 0 Å². The Bertz CT molecular complexity index is 352. The highest BCUT2D eigenvalue weighted by Gasteiger charge is 2.34. The van der Waals surface area contributed by atoms with E-state index in [9.17, 15) is 8.42 Å². The van der Waals surface area contributed by atoms with E-state index in [-0.39, 0.29) is 5.75 Å². The molecule has 0 spiro atoms. The number of hydrogen-bond donors (Lipinski definition) is 1. The number of sulfonamides is 1. The van der Waals surface area contributed by atoms with E-state index in [0.717, 1.165) is 19.5 Å². The second-order valence-corrected chi connectivity index (χ2v) is 7.41. The molecule has 0 saturated carbocycles. The molecule has 0 amide bonds. The van der Waals surface area contributed by atoms with Crippen molar-refractivity contribution < 1.29 is 8.42 Å². The fourth-order valence-corrected chi connectivity index (χ4v) is 4.41. The Balaban J connectivity index is 1.87. The van der Waals surface area contributed by atoms with Crippen molar-refractivity contribution in [2.24, 2.45) is 0 Å². The Labute approximate surface area is 111 Å². The predicted octanol–water partition coefficient (Wildman–Crippen LogP) is 0.0958. The molecule has 1 N–H and O–H groups in total. The first-order valence-corrected chi connectivity index (χ1v) is 8.61. The van der Waals surface area contributed by atoms with Gasteiger partial charge in [-0.15, -0.1) is 0 Å². The lowest BCUT2D eigenvalue weighted by molar-refractivity contribution is 0.169. The van der Waals surface area contributed by atoms with Crippen LogP contribution < -0.4 is 5.32 Å². The van der Waals surface area contributed by atoms with E-state index in [0.29, 0.717) is 25.7 Å². The van der Waals surface area contributed by atoms with Gasteiger partial charge in [0.2, 0.25) is 10.0 Å². The van der Waals surface area contributed by atoms with Gasteiger partial charge in [-0.2, -0.15) is 0 Å². The van der Waals surface area contributed by atoms with Crippen molar-refractivity contribution in [2.75, 3.05) is 45.5 Å². The maximum atomic E-state index is 12.1. The van der Waals surface area contributed by atoms with Crippen molar-refractivity contribution in [1.82, 2.24) is 14.5 Å². The zero-order valence-corrected chi connectivity index (χ0v) is 12.1. The second-order valence-electron chi connectivity index (χ2n) is 5.32. The molecule has 106 valence electrons.